The van der Waals surface area contributed by atoms with Crippen LogP contribution in [-0.2, 0) is 4.79 Å². The Labute approximate surface area is 121 Å². The number of pyridine rings is 1. The van der Waals surface area contributed by atoms with Crippen molar-refractivity contribution >= 4 is 23.4 Å². The molecular formula is C15H13N3OS. The zero-order valence-corrected chi connectivity index (χ0v) is 11.6. The third-order valence-electron chi connectivity index (χ3n) is 2.55. The van der Waals surface area contributed by atoms with E-state index in [0.29, 0.717) is 23.4 Å². The fourth-order valence-corrected chi connectivity index (χ4v) is 2.38. The van der Waals surface area contributed by atoms with Crippen molar-refractivity contribution in [3.05, 3.63) is 54.4 Å². The summed E-state index contributed by atoms with van der Waals surface area (Å²) >= 11 is 1.62. The van der Waals surface area contributed by atoms with Crippen molar-refractivity contribution in [2.24, 2.45) is 0 Å². The van der Waals surface area contributed by atoms with Gasteiger partial charge in [-0.05, 0) is 36.4 Å². The first-order valence-electron chi connectivity index (χ1n) is 6.11. The summed E-state index contributed by atoms with van der Waals surface area (Å²) in [6.45, 7) is 0. The molecule has 2 aromatic rings. The summed E-state index contributed by atoms with van der Waals surface area (Å²) in [7, 11) is 0. The summed E-state index contributed by atoms with van der Waals surface area (Å²) in [6.07, 6.45) is 3.91. The van der Waals surface area contributed by atoms with Crippen molar-refractivity contribution in [3.63, 3.8) is 0 Å². The number of nitriles is 1. The maximum Gasteiger partial charge on any atom is 0.225 e. The Morgan fingerprint density at radius 1 is 1.20 bits per heavy atom. The van der Waals surface area contributed by atoms with Crippen LogP contribution in [0.1, 0.15) is 12.0 Å². The van der Waals surface area contributed by atoms with Gasteiger partial charge in [-0.3, -0.25) is 9.78 Å². The normalized spacial score (nSPS) is 9.75. The van der Waals surface area contributed by atoms with Crippen LogP contribution in [0.3, 0.4) is 0 Å². The molecule has 0 aliphatic rings. The summed E-state index contributed by atoms with van der Waals surface area (Å²) in [4.78, 5) is 16.8. The van der Waals surface area contributed by atoms with E-state index in [0.717, 1.165) is 4.90 Å². The quantitative estimate of drug-likeness (QED) is 0.856. The maximum absolute atomic E-state index is 11.8. The number of hydrogen-bond acceptors (Lipinski definition) is 4. The van der Waals surface area contributed by atoms with Gasteiger partial charge in [0, 0.05) is 35.2 Å². The highest BCUT2D eigenvalue weighted by molar-refractivity contribution is 7.99. The lowest BCUT2D eigenvalue weighted by molar-refractivity contribution is -0.115. The highest BCUT2D eigenvalue weighted by atomic mass is 32.2. The number of carbonyl (C=O) groups is 1. The van der Waals surface area contributed by atoms with Gasteiger partial charge in [-0.2, -0.15) is 5.26 Å². The SMILES string of the molecule is N#Cc1ccc(NC(=O)CCSc2ccncc2)cc1. The van der Waals surface area contributed by atoms with Gasteiger partial charge in [0.1, 0.15) is 0 Å². The van der Waals surface area contributed by atoms with Crippen molar-refractivity contribution < 1.29 is 4.79 Å². The molecule has 20 heavy (non-hydrogen) atoms. The smallest absolute Gasteiger partial charge is 0.225 e. The minimum Gasteiger partial charge on any atom is -0.326 e. The lowest BCUT2D eigenvalue weighted by atomic mass is 10.2. The molecule has 0 unspecified atom stereocenters. The van der Waals surface area contributed by atoms with Gasteiger partial charge in [0.15, 0.2) is 0 Å². The first-order valence-corrected chi connectivity index (χ1v) is 7.09. The summed E-state index contributed by atoms with van der Waals surface area (Å²) < 4.78 is 0. The first kappa shape index (κ1) is 14.1. The van der Waals surface area contributed by atoms with Gasteiger partial charge in [-0.15, -0.1) is 11.8 Å². The molecule has 5 heteroatoms. The van der Waals surface area contributed by atoms with Crippen LogP contribution in [0.5, 0.6) is 0 Å². The molecule has 0 radical (unpaired) electrons. The summed E-state index contributed by atoms with van der Waals surface area (Å²) in [5.41, 5.74) is 1.29. The molecule has 0 aliphatic heterocycles. The highest BCUT2D eigenvalue weighted by Crippen LogP contribution is 2.17. The molecule has 1 aromatic carbocycles. The van der Waals surface area contributed by atoms with Gasteiger partial charge < -0.3 is 5.32 Å². The number of anilines is 1. The van der Waals surface area contributed by atoms with Gasteiger partial charge in [-0.1, -0.05) is 0 Å². The van der Waals surface area contributed by atoms with Gasteiger partial charge >= 0.3 is 0 Å². The zero-order valence-electron chi connectivity index (χ0n) is 10.7. The van der Waals surface area contributed by atoms with E-state index in [9.17, 15) is 4.79 Å². The maximum atomic E-state index is 11.8. The lowest BCUT2D eigenvalue weighted by Gasteiger charge is -2.05. The molecule has 0 spiro atoms. The van der Waals surface area contributed by atoms with Gasteiger partial charge in [0.05, 0.1) is 11.6 Å². The Morgan fingerprint density at radius 2 is 1.90 bits per heavy atom. The van der Waals surface area contributed by atoms with E-state index < -0.39 is 0 Å². The summed E-state index contributed by atoms with van der Waals surface area (Å²) in [5.74, 6) is 0.683. The standard InChI is InChI=1S/C15H13N3OS/c16-11-12-1-3-13(4-2-12)18-15(19)7-10-20-14-5-8-17-9-6-14/h1-6,8-9H,7,10H2,(H,18,19). The van der Waals surface area contributed by atoms with Crippen LogP contribution in [-0.4, -0.2) is 16.6 Å². The number of hydrogen-bond donors (Lipinski definition) is 1. The van der Waals surface area contributed by atoms with E-state index in [1.54, 1.807) is 48.4 Å². The average Bonchev–Trinajstić information content (AvgIpc) is 2.49. The minimum atomic E-state index is -0.0312. The van der Waals surface area contributed by atoms with Crippen molar-refractivity contribution in [2.45, 2.75) is 11.3 Å². The Hall–Kier alpha value is -2.32. The van der Waals surface area contributed by atoms with Crippen LogP contribution in [0.2, 0.25) is 0 Å². The topological polar surface area (TPSA) is 65.8 Å². The number of nitrogens with zero attached hydrogens (tertiary/aromatic N) is 2. The molecule has 1 N–H and O–H groups in total. The molecule has 1 aromatic heterocycles. The summed E-state index contributed by atoms with van der Waals surface area (Å²) in [5, 5.41) is 11.5. The van der Waals surface area contributed by atoms with Gasteiger partial charge in [-0.25, -0.2) is 0 Å². The molecule has 0 fully saturated rings. The molecule has 100 valence electrons. The van der Waals surface area contributed by atoms with Crippen molar-refractivity contribution in [2.75, 3.05) is 11.1 Å². The number of amides is 1. The molecule has 0 saturated heterocycles. The number of rotatable bonds is 5. The molecular weight excluding hydrogens is 270 g/mol. The Bertz CT molecular complexity index is 605. The molecule has 1 amide bonds. The average molecular weight is 283 g/mol. The van der Waals surface area contributed by atoms with Crippen LogP contribution in [0.25, 0.3) is 0 Å². The van der Waals surface area contributed by atoms with E-state index in [-0.39, 0.29) is 5.91 Å². The molecule has 0 bridgehead atoms. The second-order valence-electron chi connectivity index (χ2n) is 4.02. The largest absolute Gasteiger partial charge is 0.326 e. The van der Waals surface area contributed by atoms with Crippen LogP contribution in [0.4, 0.5) is 5.69 Å². The molecule has 0 saturated carbocycles. The van der Waals surface area contributed by atoms with E-state index in [4.69, 9.17) is 5.26 Å². The second-order valence-corrected chi connectivity index (χ2v) is 5.19. The monoisotopic (exact) mass is 283 g/mol. The van der Waals surface area contributed by atoms with Crippen LogP contribution < -0.4 is 5.32 Å². The fourth-order valence-electron chi connectivity index (χ4n) is 1.55. The molecule has 1 heterocycles. The second kappa shape index (κ2) is 7.31. The Morgan fingerprint density at radius 3 is 2.55 bits per heavy atom. The van der Waals surface area contributed by atoms with Crippen LogP contribution in [0, 0.1) is 11.3 Å². The van der Waals surface area contributed by atoms with E-state index in [2.05, 4.69) is 10.3 Å². The first-order chi connectivity index (χ1) is 9.78. The zero-order chi connectivity index (χ0) is 14.2. The third kappa shape index (κ3) is 4.41. The molecule has 0 atom stereocenters. The number of carbonyl (C=O) groups excluding carboxylic acids is 1. The van der Waals surface area contributed by atoms with Gasteiger partial charge in [0.25, 0.3) is 0 Å². The lowest BCUT2D eigenvalue weighted by Crippen LogP contribution is -2.12. The number of thioether (sulfide) groups is 1. The molecule has 0 aliphatic carbocycles. The number of benzene rings is 1. The fraction of sp³-hybridized carbons (Fsp3) is 0.133. The van der Waals surface area contributed by atoms with E-state index in [1.165, 1.54) is 0 Å². The number of aromatic nitrogens is 1. The van der Waals surface area contributed by atoms with Crippen molar-refractivity contribution in [3.8, 4) is 6.07 Å². The van der Waals surface area contributed by atoms with E-state index in [1.807, 2.05) is 18.2 Å². The number of nitrogens with one attached hydrogen (secondary N) is 1. The van der Waals surface area contributed by atoms with Crippen molar-refractivity contribution in [1.82, 2.24) is 4.98 Å². The Balaban J connectivity index is 1.76. The van der Waals surface area contributed by atoms with Gasteiger partial charge in [0.2, 0.25) is 5.91 Å². The van der Waals surface area contributed by atoms with Crippen molar-refractivity contribution in [1.29, 1.82) is 5.26 Å². The third-order valence-corrected chi connectivity index (χ3v) is 3.56. The predicted molar refractivity (Wildman–Crippen MR) is 79.4 cm³/mol. The molecule has 4 nitrogen and oxygen atoms in total. The van der Waals surface area contributed by atoms with Crippen LogP contribution >= 0.6 is 11.8 Å². The molecule has 2 rings (SSSR count). The minimum absolute atomic E-state index is 0.0312. The van der Waals surface area contributed by atoms with Crippen LogP contribution in [0.15, 0.2) is 53.7 Å². The highest BCUT2D eigenvalue weighted by Gasteiger charge is 2.03. The van der Waals surface area contributed by atoms with E-state index >= 15 is 0 Å². The summed E-state index contributed by atoms with van der Waals surface area (Å²) in [6, 6.07) is 12.7. The predicted octanol–water partition coefficient (Wildman–Crippen LogP) is 3.07. The Kier molecular flexibility index (Phi) is 5.15.